The molecule has 1 aliphatic carbocycles. The molecule has 0 heterocycles. The van der Waals surface area contributed by atoms with Gasteiger partial charge >= 0.3 is 0 Å². The first-order chi connectivity index (χ1) is 7.09. The fourth-order valence-corrected chi connectivity index (χ4v) is 2.07. The summed E-state index contributed by atoms with van der Waals surface area (Å²) in [6.07, 6.45) is 2.74. The number of hydrogen-bond donors (Lipinski definition) is 1. The third-order valence-corrected chi connectivity index (χ3v) is 3.48. The van der Waals surface area contributed by atoms with E-state index in [4.69, 9.17) is 5.73 Å². The van der Waals surface area contributed by atoms with Gasteiger partial charge in [0, 0.05) is 13.1 Å². The highest BCUT2D eigenvalue weighted by atomic mass is 15.1. The summed E-state index contributed by atoms with van der Waals surface area (Å²) in [5.41, 5.74) is 9.34. The van der Waals surface area contributed by atoms with E-state index >= 15 is 0 Å². The molecule has 0 aliphatic heterocycles. The number of hydrogen-bond acceptors (Lipinski definition) is 2. The lowest BCUT2D eigenvalue weighted by atomic mass is 10.1. The molecule has 2 nitrogen and oxygen atoms in total. The molecule has 1 unspecified atom stereocenters. The van der Waals surface area contributed by atoms with Gasteiger partial charge in [0.1, 0.15) is 0 Å². The van der Waals surface area contributed by atoms with E-state index in [0.717, 1.165) is 11.6 Å². The minimum Gasteiger partial charge on any atom is -0.397 e. The summed E-state index contributed by atoms with van der Waals surface area (Å²) in [5, 5.41) is 0. The first-order valence-corrected chi connectivity index (χ1v) is 5.68. The minimum absolute atomic E-state index is 0.606. The Morgan fingerprint density at radius 2 is 2.07 bits per heavy atom. The molecule has 1 aliphatic rings. The Bertz CT molecular complexity index is 356. The quantitative estimate of drug-likeness (QED) is 0.767. The summed E-state index contributed by atoms with van der Waals surface area (Å²) in [6, 6.07) is 6.85. The fraction of sp³-hybridized carbons (Fsp3) is 0.538. The standard InChI is InChI=1S/C13H20N2/c1-9-4-7-12(14)13(8-9)15(3)10(2)11-5-6-11/h4,7-8,10-11H,5-6,14H2,1-3H3. The second-order valence-corrected chi connectivity index (χ2v) is 4.75. The lowest BCUT2D eigenvalue weighted by Gasteiger charge is -2.28. The van der Waals surface area contributed by atoms with Crippen LogP contribution in [0.4, 0.5) is 11.4 Å². The molecule has 1 aromatic rings. The topological polar surface area (TPSA) is 29.3 Å². The molecule has 1 fully saturated rings. The normalized spacial score (nSPS) is 17.5. The van der Waals surface area contributed by atoms with Crippen LogP contribution >= 0.6 is 0 Å². The predicted octanol–water partition coefficient (Wildman–Crippen LogP) is 2.81. The number of nitrogen functional groups attached to an aromatic ring is 1. The van der Waals surface area contributed by atoms with Crippen LogP contribution in [0.1, 0.15) is 25.3 Å². The molecule has 0 saturated heterocycles. The average Bonchev–Trinajstić information content (AvgIpc) is 3.03. The Morgan fingerprint density at radius 1 is 1.40 bits per heavy atom. The summed E-state index contributed by atoms with van der Waals surface area (Å²) >= 11 is 0. The summed E-state index contributed by atoms with van der Waals surface area (Å²) in [7, 11) is 2.15. The van der Waals surface area contributed by atoms with Gasteiger partial charge < -0.3 is 10.6 Å². The molecule has 15 heavy (non-hydrogen) atoms. The molecule has 0 aromatic heterocycles. The van der Waals surface area contributed by atoms with Gasteiger partial charge in [-0.2, -0.15) is 0 Å². The number of anilines is 2. The van der Waals surface area contributed by atoms with Crippen LogP contribution < -0.4 is 10.6 Å². The van der Waals surface area contributed by atoms with Crippen molar-refractivity contribution in [3.05, 3.63) is 23.8 Å². The monoisotopic (exact) mass is 204 g/mol. The number of nitrogens with two attached hydrogens (primary N) is 1. The van der Waals surface area contributed by atoms with E-state index in [2.05, 4.69) is 37.9 Å². The molecule has 0 bridgehead atoms. The third kappa shape index (κ3) is 2.09. The largest absolute Gasteiger partial charge is 0.397 e. The average molecular weight is 204 g/mol. The second-order valence-electron chi connectivity index (χ2n) is 4.75. The minimum atomic E-state index is 0.606. The van der Waals surface area contributed by atoms with Crippen LogP contribution in [0.2, 0.25) is 0 Å². The third-order valence-electron chi connectivity index (χ3n) is 3.48. The lowest BCUT2D eigenvalue weighted by Crippen LogP contribution is -2.31. The molecule has 0 radical (unpaired) electrons. The molecular weight excluding hydrogens is 184 g/mol. The van der Waals surface area contributed by atoms with Crippen LogP contribution in [0, 0.1) is 12.8 Å². The molecule has 1 saturated carbocycles. The summed E-state index contributed by atoms with van der Waals surface area (Å²) in [6.45, 7) is 4.40. The molecule has 1 atom stereocenters. The molecule has 0 amide bonds. The van der Waals surface area contributed by atoms with Crippen LogP contribution in [0.15, 0.2) is 18.2 Å². The van der Waals surface area contributed by atoms with Gasteiger partial charge in [-0.3, -0.25) is 0 Å². The van der Waals surface area contributed by atoms with Gasteiger partial charge in [0.15, 0.2) is 0 Å². The molecule has 1 aromatic carbocycles. The first-order valence-electron chi connectivity index (χ1n) is 5.68. The molecule has 82 valence electrons. The Hall–Kier alpha value is -1.18. The second kappa shape index (κ2) is 3.76. The Morgan fingerprint density at radius 3 is 2.67 bits per heavy atom. The predicted molar refractivity (Wildman–Crippen MR) is 66.2 cm³/mol. The van der Waals surface area contributed by atoms with Crippen molar-refractivity contribution in [2.75, 3.05) is 17.7 Å². The van der Waals surface area contributed by atoms with E-state index in [-0.39, 0.29) is 0 Å². The van der Waals surface area contributed by atoms with Crippen molar-refractivity contribution in [2.45, 2.75) is 32.7 Å². The number of benzene rings is 1. The maximum absolute atomic E-state index is 6.01. The van der Waals surface area contributed by atoms with E-state index in [1.54, 1.807) is 0 Å². The molecular formula is C13H20N2. The van der Waals surface area contributed by atoms with Gasteiger partial charge in [-0.25, -0.2) is 0 Å². The molecule has 2 heteroatoms. The summed E-state index contributed by atoms with van der Waals surface area (Å²) < 4.78 is 0. The van der Waals surface area contributed by atoms with Crippen molar-refractivity contribution in [3.63, 3.8) is 0 Å². The van der Waals surface area contributed by atoms with Crippen LogP contribution in [-0.4, -0.2) is 13.1 Å². The van der Waals surface area contributed by atoms with Gasteiger partial charge in [-0.15, -0.1) is 0 Å². The number of rotatable bonds is 3. The van der Waals surface area contributed by atoms with Gasteiger partial charge in [0.25, 0.3) is 0 Å². The van der Waals surface area contributed by atoms with E-state index in [9.17, 15) is 0 Å². The maximum atomic E-state index is 6.01. The van der Waals surface area contributed by atoms with Gasteiger partial charge in [0.2, 0.25) is 0 Å². The van der Waals surface area contributed by atoms with Crippen molar-refractivity contribution in [1.29, 1.82) is 0 Å². The maximum Gasteiger partial charge on any atom is 0.0602 e. The lowest BCUT2D eigenvalue weighted by molar-refractivity contribution is 0.610. The first kappa shape index (κ1) is 10.3. The SMILES string of the molecule is Cc1ccc(N)c(N(C)C(C)C2CC2)c1. The van der Waals surface area contributed by atoms with Crippen LogP contribution in [0.3, 0.4) is 0 Å². The molecule has 2 rings (SSSR count). The van der Waals surface area contributed by atoms with Gasteiger partial charge in [0.05, 0.1) is 11.4 Å². The molecule has 2 N–H and O–H groups in total. The Labute approximate surface area is 92.1 Å². The van der Waals surface area contributed by atoms with Crippen LogP contribution in [0.25, 0.3) is 0 Å². The van der Waals surface area contributed by atoms with Gasteiger partial charge in [-0.1, -0.05) is 6.07 Å². The highest BCUT2D eigenvalue weighted by molar-refractivity contribution is 5.68. The zero-order chi connectivity index (χ0) is 11.0. The fourth-order valence-electron chi connectivity index (χ4n) is 2.07. The van der Waals surface area contributed by atoms with Crippen LogP contribution in [0.5, 0.6) is 0 Å². The zero-order valence-electron chi connectivity index (χ0n) is 9.83. The number of aryl methyl sites for hydroxylation is 1. The zero-order valence-corrected chi connectivity index (χ0v) is 9.83. The van der Waals surface area contributed by atoms with E-state index in [1.807, 2.05) is 6.07 Å². The summed E-state index contributed by atoms with van der Waals surface area (Å²) in [5.74, 6) is 0.870. The van der Waals surface area contributed by atoms with Crippen LogP contribution in [-0.2, 0) is 0 Å². The highest BCUT2D eigenvalue weighted by Crippen LogP contribution is 2.37. The van der Waals surface area contributed by atoms with Gasteiger partial charge in [-0.05, 0) is 50.3 Å². The smallest absolute Gasteiger partial charge is 0.0602 e. The summed E-state index contributed by atoms with van der Waals surface area (Å²) in [4.78, 5) is 2.32. The van der Waals surface area contributed by atoms with Crippen molar-refractivity contribution < 1.29 is 0 Å². The van der Waals surface area contributed by atoms with E-state index in [1.165, 1.54) is 24.1 Å². The van der Waals surface area contributed by atoms with Crippen molar-refractivity contribution >= 4 is 11.4 Å². The van der Waals surface area contributed by atoms with E-state index in [0.29, 0.717) is 6.04 Å². The van der Waals surface area contributed by atoms with E-state index < -0.39 is 0 Å². The Balaban J connectivity index is 2.23. The molecule has 0 spiro atoms. The number of nitrogens with zero attached hydrogens (tertiary/aromatic N) is 1. The van der Waals surface area contributed by atoms with Crippen molar-refractivity contribution in [3.8, 4) is 0 Å². The Kier molecular flexibility index (Phi) is 2.59. The van der Waals surface area contributed by atoms with Crippen molar-refractivity contribution in [1.82, 2.24) is 0 Å². The highest BCUT2D eigenvalue weighted by Gasteiger charge is 2.31. The van der Waals surface area contributed by atoms with Crippen molar-refractivity contribution in [2.24, 2.45) is 5.92 Å².